The molecule has 0 spiro atoms. The molecule has 2 rings (SSSR count). The molecule has 146 valence electrons. The van der Waals surface area contributed by atoms with Crippen LogP contribution in [0.4, 0.5) is 0 Å². The summed E-state index contributed by atoms with van der Waals surface area (Å²) >= 11 is 0. The molecular weight excluding hydrogens is 338 g/mol. The predicted molar refractivity (Wildman–Crippen MR) is 104 cm³/mol. The largest absolute Gasteiger partial charge is 0.342 e. The first-order valence-corrected chi connectivity index (χ1v) is 9.88. The second kappa shape index (κ2) is 11.0. The fourth-order valence-corrected chi connectivity index (χ4v) is 3.93. The van der Waals surface area contributed by atoms with Crippen molar-refractivity contribution in [3.8, 4) is 0 Å². The van der Waals surface area contributed by atoms with Gasteiger partial charge in [-0.1, -0.05) is 20.8 Å². The third kappa shape index (κ3) is 5.85. The number of rotatable bonds is 6. The highest BCUT2D eigenvalue weighted by molar-refractivity contribution is 5.85. The summed E-state index contributed by atoms with van der Waals surface area (Å²) in [5, 5.41) is 3.38. The van der Waals surface area contributed by atoms with Crippen molar-refractivity contribution >= 4 is 24.2 Å². The van der Waals surface area contributed by atoms with Crippen LogP contribution in [0.25, 0.3) is 0 Å². The van der Waals surface area contributed by atoms with Gasteiger partial charge in [-0.05, 0) is 51.6 Å². The second-order valence-electron chi connectivity index (χ2n) is 7.45. The van der Waals surface area contributed by atoms with Gasteiger partial charge in [-0.3, -0.25) is 9.59 Å². The SMILES string of the molecule is CCCN(C(=O)C1CCCN(C(=O)C(C)CC)C1)C1CCNCC1.Cl. The predicted octanol–water partition coefficient (Wildman–Crippen LogP) is 2.68. The molecule has 2 fully saturated rings. The highest BCUT2D eigenvalue weighted by Crippen LogP contribution is 2.24. The van der Waals surface area contributed by atoms with Crippen molar-refractivity contribution in [3.63, 3.8) is 0 Å². The van der Waals surface area contributed by atoms with E-state index in [1.807, 2.05) is 11.8 Å². The van der Waals surface area contributed by atoms with Gasteiger partial charge in [0, 0.05) is 31.6 Å². The van der Waals surface area contributed by atoms with Crippen LogP contribution in [0.5, 0.6) is 0 Å². The summed E-state index contributed by atoms with van der Waals surface area (Å²) in [6, 6.07) is 0.374. The van der Waals surface area contributed by atoms with E-state index in [0.29, 0.717) is 12.6 Å². The number of piperidine rings is 2. The minimum atomic E-state index is -0.00630. The number of nitrogens with zero attached hydrogens (tertiary/aromatic N) is 2. The van der Waals surface area contributed by atoms with Crippen LogP contribution in [-0.4, -0.2) is 60.4 Å². The van der Waals surface area contributed by atoms with Crippen LogP contribution in [-0.2, 0) is 9.59 Å². The van der Waals surface area contributed by atoms with E-state index in [1.165, 1.54) is 0 Å². The molecule has 2 unspecified atom stereocenters. The Morgan fingerprint density at radius 2 is 1.88 bits per heavy atom. The zero-order valence-electron chi connectivity index (χ0n) is 16.1. The number of hydrogen-bond donors (Lipinski definition) is 1. The number of amides is 2. The van der Waals surface area contributed by atoms with E-state index in [2.05, 4.69) is 24.1 Å². The van der Waals surface area contributed by atoms with Crippen molar-refractivity contribution in [3.05, 3.63) is 0 Å². The number of carbonyl (C=O) groups excluding carboxylic acids is 2. The van der Waals surface area contributed by atoms with Gasteiger partial charge >= 0.3 is 0 Å². The number of likely N-dealkylation sites (tertiary alicyclic amines) is 1. The van der Waals surface area contributed by atoms with Crippen molar-refractivity contribution in [2.24, 2.45) is 11.8 Å². The minimum Gasteiger partial charge on any atom is -0.342 e. The van der Waals surface area contributed by atoms with Gasteiger partial charge in [0.05, 0.1) is 5.92 Å². The van der Waals surface area contributed by atoms with E-state index in [1.54, 1.807) is 0 Å². The van der Waals surface area contributed by atoms with Crippen molar-refractivity contribution < 1.29 is 9.59 Å². The van der Waals surface area contributed by atoms with Crippen molar-refractivity contribution in [1.29, 1.82) is 0 Å². The van der Waals surface area contributed by atoms with Crippen molar-refractivity contribution in [1.82, 2.24) is 15.1 Å². The van der Waals surface area contributed by atoms with Crippen molar-refractivity contribution in [2.75, 3.05) is 32.7 Å². The highest BCUT2D eigenvalue weighted by atomic mass is 35.5. The normalized spacial score (nSPS) is 22.8. The van der Waals surface area contributed by atoms with Crippen LogP contribution >= 0.6 is 12.4 Å². The molecule has 6 heteroatoms. The molecule has 0 aromatic rings. The Bertz CT molecular complexity index is 427. The van der Waals surface area contributed by atoms with Crippen LogP contribution in [0.1, 0.15) is 59.3 Å². The molecule has 1 N–H and O–H groups in total. The van der Waals surface area contributed by atoms with Gasteiger partial charge in [0.15, 0.2) is 0 Å². The lowest BCUT2D eigenvalue weighted by atomic mass is 9.93. The van der Waals surface area contributed by atoms with E-state index in [-0.39, 0.29) is 36.1 Å². The zero-order valence-corrected chi connectivity index (χ0v) is 16.9. The molecule has 2 aliphatic heterocycles. The molecule has 0 aromatic heterocycles. The van der Waals surface area contributed by atoms with Gasteiger partial charge in [-0.25, -0.2) is 0 Å². The van der Waals surface area contributed by atoms with E-state index < -0.39 is 0 Å². The van der Waals surface area contributed by atoms with Gasteiger partial charge < -0.3 is 15.1 Å². The molecule has 0 aromatic carbocycles. The maximum atomic E-state index is 13.2. The Labute approximate surface area is 159 Å². The molecule has 2 saturated heterocycles. The molecule has 2 aliphatic rings. The Hall–Kier alpha value is -0.810. The standard InChI is InChI=1S/C19H35N3O2.ClH/c1-4-12-22(17-8-10-20-11-9-17)19(24)16-7-6-13-21(14-16)18(23)15(3)5-2;/h15-17,20H,4-14H2,1-3H3;1H. The summed E-state index contributed by atoms with van der Waals surface area (Å²) in [6.07, 6.45) is 5.84. The molecule has 2 atom stereocenters. The highest BCUT2D eigenvalue weighted by Gasteiger charge is 2.34. The maximum absolute atomic E-state index is 13.2. The summed E-state index contributed by atoms with van der Waals surface area (Å²) in [5.74, 6) is 0.563. The molecule has 0 saturated carbocycles. The van der Waals surface area contributed by atoms with Crippen molar-refractivity contribution in [2.45, 2.75) is 65.3 Å². The van der Waals surface area contributed by atoms with Crippen LogP contribution in [0.2, 0.25) is 0 Å². The summed E-state index contributed by atoms with van der Waals surface area (Å²) in [6.45, 7) is 10.5. The summed E-state index contributed by atoms with van der Waals surface area (Å²) in [7, 11) is 0. The first-order chi connectivity index (χ1) is 11.6. The Balaban J connectivity index is 0.00000312. The van der Waals surface area contributed by atoms with Gasteiger partial charge in [0.1, 0.15) is 0 Å². The first kappa shape index (κ1) is 22.2. The monoisotopic (exact) mass is 373 g/mol. The minimum absolute atomic E-state index is 0. The molecule has 25 heavy (non-hydrogen) atoms. The average Bonchev–Trinajstić information content (AvgIpc) is 2.65. The van der Waals surface area contributed by atoms with E-state index in [9.17, 15) is 9.59 Å². The van der Waals surface area contributed by atoms with Crippen LogP contribution in [0.3, 0.4) is 0 Å². The molecule has 5 nitrogen and oxygen atoms in total. The lowest BCUT2D eigenvalue weighted by Crippen LogP contribution is -2.52. The summed E-state index contributed by atoms with van der Waals surface area (Å²) in [4.78, 5) is 29.7. The fraction of sp³-hybridized carbons (Fsp3) is 0.895. The molecule has 0 radical (unpaired) electrons. The molecule has 2 amide bonds. The molecule has 0 bridgehead atoms. The van der Waals surface area contributed by atoms with Gasteiger partial charge in [0.2, 0.25) is 11.8 Å². The smallest absolute Gasteiger partial charge is 0.227 e. The van der Waals surface area contributed by atoms with Crippen LogP contribution < -0.4 is 5.32 Å². The van der Waals surface area contributed by atoms with E-state index in [4.69, 9.17) is 0 Å². The number of carbonyl (C=O) groups is 2. The van der Waals surface area contributed by atoms with E-state index >= 15 is 0 Å². The molecule has 0 aliphatic carbocycles. The fourth-order valence-electron chi connectivity index (χ4n) is 3.93. The maximum Gasteiger partial charge on any atom is 0.227 e. The summed E-state index contributed by atoms with van der Waals surface area (Å²) < 4.78 is 0. The van der Waals surface area contributed by atoms with E-state index in [0.717, 1.165) is 64.7 Å². The number of hydrogen-bond acceptors (Lipinski definition) is 3. The average molecular weight is 374 g/mol. The molecule has 2 heterocycles. The van der Waals surface area contributed by atoms with Gasteiger partial charge in [0.25, 0.3) is 0 Å². The zero-order chi connectivity index (χ0) is 17.5. The van der Waals surface area contributed by atoms with Crippen LogP contribution in [0, 0.1) is 11.8 Å². The quantitative estimate of drug-likeness (QED) is 0.778. The Morgan fingerprint density at radius 3 is 2.48 bits per heavy atom. The topological polar surface area (TPSA) is 52.7 Å². The van der Waals surface area contributed by atoms with Gasteiger partial charge in [-0.2, -0.15) is 0 Å². The third-order valence-electron chi connectivity index (χ3n) is 5.61. The lowest BCUT2D eigenvalue weighted by molar-refractivity contribution is -0.144. The third-order valence-corrected chi connectivity index (χ3v) is 5.61. The number of halogens is 1. The first-order valence-electron chi connectivity index (χ1n) is 9.88. The van der Waals surface area contributed by atoms with Gasteiger partial charge in [-0.15, -0.1) is 12.4 Å². The Morgan fingerprint density at radius 1 is 1.20 bits per heavy atom. The second-order valence-corrected chi connectivity index (χ2v) is 7.45. The Kier molecular flexibility index (Phi) is 9.80. The lowest BCUT2D eigenvalue weighted by Gasteiger charge is -2.40. The summed E-state index contributed by atoms with van der Waals surface area (Å²) in [5.41, 5.74) is 0. The number of nitrogens with one attached hydrogen (secondary N) is 1. The van der Waals surface area contributed by atoms with Crippen LogP contribution in [0.15, 0.2) is 0 Å². The molecular formula is C19H36ClN3O2.